The number of fused-ring (bicyclic) bond motifs is 2. The average molecular weight is 1240 g/mol. The summed E-state index contributed by atoms with van der Waals surface area (Å²) in [7, 11) is -0.889. The summed E-state index contributed by atoms with van der Waals surface area (Å²) in [6.45, 7) is 7.75. The van der Waals surface area contributed by atoms with Crippen LogP contribution in [0.25, 0.3) is 22.1 Å². The van der Waals surface area contributed by atoms with Crippen LogP contribution in [0.4, 0.5) is 10.7 Å². The largest absolute Gasteiger partial charge is 0.497 e. The highest BCUT2D eigenvalue weighted by molar-refractivity contribution is 7.91. The Morgan fingerprint density at radius 1 is 0.830 bits per heavy atom. The van der Waals surface area contributed by atoms with Crippen molar-refractivity contribution in [2.24, 2.45) is 0 Å². The van der Waals surface area contributed by atoms with E-state index < -0.39 is 78.2 Å². The predicted molar refractivity (Wildman–Crippen MR) is 329 cm³/mol. The third kappa shape index (κ3) is 14.7. The van der Waals surface area contributed by atoms with Gasteiger partial charge in [-0.2, -0.15) is 10.2 Å². The molecule has 1 fully saturated rings. The number of aromatic nitrogens is 5. The number of ether oxygens (including phenoxy) is 6. The summed E-state index contributed by atoms with van der Waals surface area (Å²) in [5, 5.41) is 15.5. The molecule has 0 saturated carbocycles. The van der Waals surface area contributed by atoms with E-state index >= 15 is 0 Å². The van der Waals surface area contributed by atoms with Crippen molar-refractivity contribution < 1.29 is 60.3 Å². The first kappa shape index (κ1) is 64.0. The minimum absolute atomic E-state index is 0.0178. The molecule has 1 saturated heterocycles. The van der Waals surface area contributed by atoms with Gasteiger partial charge in [0, 0.05) is 43.1 Å². The molecular weight excluding hydrogens is 1170 g/mol. The fourth-order valence-corrected chi connectivity index (χ4v) is 13.4. The van der Waals surface area contributed by atoms with Crippen molar-refractivity contribution in [3.05, 3.63) is 173 Å². The van der Waals surface area contributed by atoms with Crippen LogP contribution in [0.2, 0.25) is 0 Å². The number of H-pyrrole nitrogens is 1. The van der Waals surface area contributed by atoms with E-state index in [0.717, 1.165) is 16.7 Å². The summed E-state index contributed by atoms with van der Waals surface area (Å²) in [6.07, 6.45) is -0.325. The van der Waals surface area contributed by atoms with Gasteiger partial charge in [-0.15, -0.1) is 0 Å². The molecule has 23 nitrogen and oxygen atoms in total. The standard InChI is InChI=1S/C63H70N9O14PS/c1-41(2)72(42(3)4)87(84-33-13-31-64)86-53-37-57(85-54(53)39-83-63(44-14-9-8-10-15-44,45-18-22-47(79-5)23-19-45)46-20-24-48(80-6)25-21-46)71-40-66-58-59(71)68-61(69-60(58)75)67-55(73)30-32-65-56(74)36-43-38-70(52-17-12-11-16-51(43)52)62(76)82-34-35-88(77,78)50-28-26-49(81-7)27-29-50/h8-12,14-29,38,40-42,53-54,57H,13,30,32-37,39H2,1-7H3,(H,65,74)(H2,67,68,69,73,75)/t53?,54-,57-,87?/m1/s1. The number of nitriles is 1. The van der Waals surface area contributed by atoms with Crippen LogP contribution in [-0.2, 0) is 54.7 Å². The van der Waals surface area contributed by atoms with Gasteiger partial charge >= 0.3 is 6.09 Å². The molecule has 88 heavy (non-hydrogen) atoms. The molecule has 8 aromatic rings. The Morgan fingerprint density at radius 2 is 1.44 bits per heavy atom. The number of para-hydroxylation sites is 1. The van der Waals surface area contributed by atoms with Crippen LogP contribution >= 0.6 is 8.53 Å². The van der Waals surface area contributed by atoms with Gasteiger partial charge in [0.25, 0.3) is 14.1 Å². The fraction of sp³-hybridized carbons (Fsp3) is 0.349. The van der Waals surface area contributed by atoms with E-state index in [1.165, 1.54) is 48.5 Å². The Hall–Kier alpha value is -8.53. The second kappa shape index (κ2) is 29.0. The minimum atomic E-state index is -3.78. The number of carbonyl (C=O) groups is 3. The molecule has 4 heterocycles. The zero-order valence-corrected chi connectivity index (χ0v) is 51.5. The number of rotatable bonds is 28. The maximum Gasteiger partial charge on any atom is 0.418 e. The molecule has 9 rings (SSSR count). The highest BCUT2D eigenvalue weighted by atomic mass is 32.2. The third-order valence-corrected chi connectivity index (χ3v) is 18.6. The second-order valence-electron chi connectivity index (χ2n) is 21.1. The zero-order valence-electron chi connectivity index (χ0n) is 49.8. The van der Waals surface area contributed by atoms with Crippen LogP contribution in [0.1, 0.15) is 75.4 Å². The number of aromatic amines is 1. The molecular formula is C63H70N9O14PS. The molecule has 0 spiro atoms. The van der Waals surface area contributed by atoms with Gasteiger partial charge < -0.3 is 42.8 Å². The number of nitrogens with one attached hydrogen (secondary N) is 3. The van der Waals surface area contributed by atoms with Gasteiger partial charge in [-0.3, -0.25) is 33.8 Å². The van der Waals surface area contributed by atoms with E-state index in [4.69, 9.17) is 37.5 Å². The number of carbonyl (C=O) groups excluding carboxylic acids is 3. The van der Waals surface area contributed by atoms with Gasteiger partial charge in [0.15, 0.2) is 21.0 Å². The first-order valence-corrected chi connectivity index (χ1v) is 31.3. The predicted octanol–water partition coefficient (Wildman–Crippen LogP) is 9.20. The number of methoxy groups -OCH3 is 3. The second-order valence-corrected chi connectivity index (χ2v) is 24.6. The Labute approximate surface area is 510 Å². The number of amides is 2. The van der Waals surface area contributed by atoms with Gasteiger partial charge in [0.05, 0.1) is 82.1 Å². The summed E-state index contributed by atoms with van der Waals surface area (Å²) < 4.78 is 80.3. The van der Waals surface area contributed by atoms with E-state index in [0.29, 0.717) is 33.7 Å². The normalized spacial score (nSPS) is 15.6. The summed E-state index contributed by atoms with van der Waals surface area (Å²) in [5.74, 6) is 0.141. The van der Waals surface area contributed by atoms with Crippen LogP contribution in [-0.4, -0.2) is 133 Å². The molecule has 3 aromatic heterocycles. The lowest BCUT2D eigenvalue weighted by Crippen LogP contribution is -2.39. The highest BCUT2D eigenvalue weighted by Gasteiger charge is 2.45. The van der Waals surface area contributed by atoms with E-state index in [-0.39, 0.29) is 79.5 Å². The molecule has 25 heteroatoms. The summed E-state index contributed by atoms with van der Waals surface area (Å²) in [4.78, 5) is 65.6. The Morgan fingerprint density at radius 3 is 2.07 bits per heavy atom. The van der Waals surface area contributed by atoms with E-state index in [9.17, 15) is 32.9 Å². The first-order valence-electron chi connectivity index (χ1n) is 28.5. The van der Waals surface area contributed by atoms with Crippen molar-refractivity contribution in [2.45, 2.75) is 94.4 Å². The summed E-state index contributed by atoms with van der Waals surface area (Å²) in [6, 6.07) is 40.1. The number of benzene rings is 5. The minimum Gasteiger partial charge on any atom is -0.497 e. The van der Waals surface area contributed by atoms with Gasteiger partial charge in [0.1, 0.15) is 41.8 Å². The topological polar surface area (TPSA) is 279 Å². The summed E-state index contributed by atoms with van der Waals surface area (Å²) >= 11 is 0. The van der Waals surface area contributed by atoms with Crippen LogP contribution in [0, 0.1) is 11.3 Å². The van der Waals surface area contributed by atoms with Gasteiger partial charge in [-0.1, -0.05) is 72.8 Å². The van der Waals surface area contributed by atoms with Crippen molar-refractivity contribution in [2.75, 3.05) is 58.8 Å². The molecule has 4 atom stereocenters. The van der Waals surface area contributed by atoms with Crippen molar-refractivity contribution in [3.63, 3.8) is 0 Å². The van der Waals surface area contributed by atoms with Crippen molar-refractivity contribution in [1.82, 2.24) is 34.1 Å². The van der Waals surface area contributed by atoms with Gasteiger partial charge in [-0.25, -0.2) is 22.9 Å². The van der Waals surface area contributed by atoms with Gasteiger partial charge in [-0.05, 0) is 105 Å². The molecule has 5 aromatic carbocycles. The monoisotopic (exact) mass is 1240 g/mol. The maximum atomic E-state index is 13.7. The molecule has 0 radical (unpaired) electrons. The van der Waals surface area contributed by atoms with Crippen LogP contribution in [0.3, 0.4) is 0 Å². The SMILES string of the molecule is COc1ccc(C(OC[C@H]2O[C@@H](n3cnc4c(=O)[nH]c(NC(=O)CCNC(=O)Cc5cn(C(=O)OCCS(=O)(=O)c6ccc(OC)cc6)c6ccccc56)nc43)CC2OP(OCCC#N)N(C(C)C)C(C)C)(c2ccccc2)c2ccc(OC)cc2)cc1. The quantitative estimate of drug-likeness (QED) is 0.0234. The fourth-order valence-electron chi connectivity index (χ4n) is 10.5. The Kier molecular flexibility index (Phi) is 21.1. The van der Waals surface area contributed by atoms with Crippen LogP contribution < -0.4 is 30.4 Å². The number of hydrogen-bond donors (Lipinski definition) is 3. The molecule has 3 N–H and O–H groups in total. The smallest absolute Gasteiger partial charge is 0.418 e. The highest BCUT2D eigenvalue weighted by Crippen LogP contribution is 2.51. The van der Waals surface area contributed by atoms with Crippen molar-refractivity contribution in [1.29, 1.82) is 5.26 Å². The maximum absolute atomic E-state index is 13.7. The lowest BCUT2D eigenvalue weighted by atomic mass is 9.80. The van der Waals surface area contributed by atoms with E-state index in [2.05, 4.69) is 36.3 Å². The lowest BCUT2D eigenvalue weighted by molar-refractivity contribution is -0.120. The molecule has 1 aliphatic rings. The zero-order chi connectivity index (χ0) is 62.5. The van der Waals surface area contributed by atoms with E-state index in [1.54, 1.807) is 43.1 Å². The number of nitrogens with zero attached hydrogens (tertiary/aromatic N) is 6. The number of sulfone groups is 1. The Balaban J connectivity index is 0.915. The number of imidazole rings is 1. The lowest BCUT2D eigenvalue weighted by Gasteiger charge is -2.39. The van der Waals surface area contributed by atoms with E-state index in [1.807, 2.05) is 107 Å². The van der Waals surface area contributed by atoms with Gasteiger partial charge in [0.2, 0.25) is 17.8 Å². The molecule has 1 aliphatic heterocycles. The molecule has 2 amide bonds. The molecule has 0 aliphatic carbocycles. The first-order chi connectivity index (χ1) is 42.5. The molecule has 2 unspecified atom stereocenters. The molecule has 462 valence electrons. The molecule has 0 bridgehead atoms. The van der Waals surface area contributed by atoms with Crippen LogP contribution in [0.15, 0.2) is 150 Å². The Bertz CT molecular complexity index is 3860. The van der Waals surface area contributed by atoms with Crippen molar-refractivity contribution >= 4 is 64.3 Å². The summed E-state index contributed by atoms with van der Waals surface area (Å²) in [5.41, 5.74) is 1.56. The average Bonchev–Trinajstić information content (AvgIpc) is 1.18. The number of hydrogen-bond acceptors (Lipinski definition) is 18. The van der Waals surface area contributed by atoms with Crippen molar-refractivity contribution in [3.8, 4) is 23.3 Å². The van der Waals surface area contributed by atoms with Crippen LogP contribution in [0.5, 0.6) is 17.2 Å². The third-order valence-electron chi connectivity index (χ3n) is 14.7. The number of anilines is 1.